The van der Waals surface area contributed by atoms with E-state index in [9.17, 15) is 0 Å². The van der Waals surface area contributed by atoms with Crippen molar-refractivity contribution in [2.75, 3.05) is 6.54 Å². The zero-order chi connectivity index (χ0) is 8.67. The minimum absolute atomic E-state index is 0.776. The Hall–Kier alpha value is -0.830. The maximum atomic E-state index is 4.45. The van der Waals surface area contributed by atoms with E-state index in [2.05, 4.69) is 15.5 Å². The van der Waals surface area contributed by atoms with Gasteiger partial charge in [-0.15, -0.1) is 0 Å². The van der Waals surface area contributed by atoms with Crippen LogP contribution in [0.15, 0.2) is 0 Å². The van der Waals surface area contributed by atoms with Crippen LogP contribution in [0.25, 0.3) is 0 Å². The molecule has 1 saturated carbocycles. The molecular weight excluding hydrogens is 162 g/mol. The molecule has 2 aliphatic rings. The van der Waals surface area contributed by atoms with Crippen molar-refractivity contribution in [2.24, 2.45) is 0 Å². The van der Waals surface area contributed by atoms with Crippen molar-refractivity contribution in [1.29, 1.82) is 0 Å². The minimum Gasteiger partial charge on any atom is -0.311 e. The third kappa shape index (κ3) is 1.10. The van der Waals surface area contributed by atoms with Gasteiger partial charge in [0.1, 0.15) is 0 Å². The molecule has 1 aromatic heterocycles. The van der Waals surface area contributed by atoms with Gasteiger partial charge < -0.3 is 5.32 Å². The van der Waals surface area contributed by atoms with E-state index in [1.807, 2.05) is 0 Å². The quantitative estimate of drug-likeness (QED) is 0.679. The summed E-state index contributed by atoms with van der Waals surface area (Å²) >= 11 is 0. The number of hydrogen-bond acceptors (Lipinski definition) is 2. The minimum atomic E-state index is 0.776. The van der Waals surface area contributed by atoms with E-state index in [4.69, 9.17) is 0 Å². The Balaban J connectivity index is 1.95. The Morgan fingerprint density at radius 2 is 2.23 bits per heavy atom. The average molecular weight is 177 g/mol. The van der Waals surface area contributed by atoms with Gasteiger partial charge in [-0.3, -0.25) is 5.10 Å². The smallest absolute Gasteiger partial charge is 0.0688 e. The van der Waals surface area contributed by atoms with Gasteiger partial charge in [0.2, 0.25) is 0 Å². The molecule has 70 valence electrons. The highest BCUT2D eigenvalue weighted by Gasteiger charge is 2.27. The number of nitrogens with zero attached hydrogens (tertiary/aromatic N) is 1. The van der Waals surface area contributed by atoms with Crippen LogP contribution in [0.4, 0.5) is 0 Å². The molecule has 0 amide bonds. The number of nitrogens with one attached hydrogen (secondary N) is 2. The van der Waals surface area contributed by atoms with E-state index in [1.165, 1.54) is 36.2 Å². The molecule has 1 aromatic rings. The van der Waals surface area contributed by atoms with Crippen molar-refractivity contribution in [1.82, 2.24) is 15.5 Å². The summed E-state index contributed by atoms with van der Waals surface area (Å²) in [6.07, 6.45) is 5.26. The van der Waals surface area contributed by atoms with Crippen molar-refractivity contribution >= 4 is 0 Å². The number of H-pyrrole nitrogens is 1. The van der Waals surface area contributed by atoms with Gasteiger partial charge in [-0.1, -0.05) is 6.42 Å². The molecule has 0 bridgehead atoms. The fraction of sp³-hybridized carbons (Fsp3) is 0.700. The van der Waals surface area contributed by atoms with Crippen molar-refractivity contribution < 1.29 is 0 Å². The summed E-state index contributed by atoms with van der Waals surface area (Å²) in [6.45, 7) is 2.10. The van der Waals surface area contributed by atoms with Crippen LogP contribution >= 0.6 is 0 Å². The lowest BCUT2D eigenvalue weighted by Gasteiger charge is -2.25. The first-order valence-electron chi connectivity index (χ1n) is 5.22. The highest BCUT2D eigenvalue weighted by atomic mass is 15.1. The molecule has 13 heavy (non-hydrogen) atoms. The van der Waals surface area contributed by atoms with Gasteiger partial charge >= 0.3 is 0 Å². The Kier molecular flexibility index (Phi) is 1.65. The second kappa shape index (κ2) is 2.84. The summed E-state index contributed by atoms with van der Waals surface area (Å²) < 4.78 is 0. The fourth-order valence-corrected chi connectivity index (χ4v) is 2.29. The highest BCUT2D eigenvalue weighted by Crippen LogP contribution is 2.38. The van der Waals surface area contributed by atoms with E-state index in [1.54, 1.807) is 0 Å². The summed E-state index contributed by atoms with van der Waals surface area (Å²) in [4.78, 5) is 0. The van der Waals surface area contributed by atoms with Gasteiger partial charge in [0.15, 0.2) is 0 Å². The van der Waals surface area contributed by atoms with E-state index in [0.717, 1.165) is 25.4 Å². The molecule has 2 N–H and O–H groups in total. The van der Waals surface area contributed by atoms with Crippen LogP contribution < -0.4 is 5.32 Å². The SMILES string of the molecule is C1CC(c2n[nH]c3c2CCNC3)C1. The Morgan fingerprint density at radius 1 is 1.31 bits per heavy atom. The summed E-state index contributed by atoms with van der Waals surface area (Å²) in [5.74, 6) is 0.776. The lowest BCUT2D eigenvalue weighted by Crippen LogP contribution is -2.24. The molecule has 2 heterocycles. The summed E-state index contributed by atoms with van der Waals surface area (Å²) in [7, 11) is 0. The van der Waals surface area contributed by atoms with Crippen LogP contribution in [0.1, 0.15) is 42.1 Å². The number of aromatic nitrogens is 2. The lowest BCUT2D eigenvalue weighted by molar-refractivity contribution is 0.407. The molecule has 0 atom stereocenters. The van der Waals surface area contributed by atoms with Gasteiger partial charge in [0.05, 0.1) is 11.4 Å². The number of rotatable bonds is 1. The Labute approximate surface area is 77.9 Å². The van der Waals surface area contributed by atoms with Crippen LogP contribution in [-0.2, 0) is 13.0 Å². The molecule has 0 unspecified atom stereocenters. The first kappa shape index (κ1) is 7.56. The third-order valence-corrected chi connectivity index (χ3v) is 3.33. The molecule has 3 rings (SSSR count). The van der Waals surface area contributed by atoms with Gasteiger partial charge in [0, 0.05) is 12.5 Å². The van der Waals surface area contributed by atoms with Crippen LogP contribution in [0.5, 0.6) is 0 Å². The average Bonchev–Trinajstić information content (AvgIpc) is 2.47. The lowest BCUT2D eigenvalue weighted by atomic mass is 9.80. The maximum absolute atomic E-state index is 4.45. The van der Waals surface area contributed by atoms with Crippen molar-refractivity contribution in [2.45, 2.75) is 38.1 Å². The van der Waals surface area contributed by atoms with E-state index < -0.39 is 0 Å². The van der Waals surface area contributed by atoms with Crippen molar-refractivity contribution in [3.05, 3.63) is 17.0 Å². The van der Waals surface area contributed by atoms with Gasteiger partial charge in [-0.05, 0) is 31.4 Å². The van der Waals surface area contributed by atoms with Gasteiger partial charge in [-0.2, -0.15) is 5.10 Å². The molecular formula is C10H15N3. The van der Waals surface area contributed by atoms with E-state index in [-0.39, 0.29) is 0 Å². The van der Waals surface area contributed by atoms with Crippen molar-refractivity contribution in [3.8, 4) is 0 Å². The summed E-state index contributed by atoms with van der Waals surface area (Å²) in [6, 6.07) is 0. The van der Waals surface area contributed by atoms with Crippen LogP contribution in [0.2, 0.25) is 0 Å². The molecule has 0 radical (unpaired) electrons. The fourth-order valence-electron chi connectivity index (χ4n) is 2.29. The second-order valence-corrected chi connectivity index (χ2v) is 4.12. The maximum Gasteiger partial charge on any atom is 0.0688 e. The second-order valence-electron chi connectivity index (χ2n) is 4.12. The third-order valence-electron chi connectivity index (χ3n) is 3.33. The molecule has 1 fully saturated rings. The molecule has 0 saturated heterocycles. The topological polar surface area (TPSA) is 40.7 Å². The normalized spacial score (nSPS) is 22.5. The largest absolute Gasteiger partial charge is 0.311 e. The first-order chi connectivity index (χ1) is 6.45. The number of hydrogen-bond donors (Lipinski definition) is 2. The molecule has 1 aliphatic heterocycles. The van der Waals surface area contributed by atoms with E-state index in [0.29, 0.717) is 0 Å². The van der Waals surface area contributed by atoms with Crippen LogP contribution in [-0.4, -0.2) is 16.7 Å². The Bertz CT molecular complexity index is 312. The molecule has 1 aliphatic carbocycles. The van der Waals surface area contributed by atoms with Gasteiger partial charge in [0.25, 0.3) is 0 Å². The predicted molar refractivity (Wildman–Crippen MR) is 50.6 cm³/mol. The monoisotopic (exact) mass is 177 g/mol. The summed E-state index contributed by atoms with van der Waals surface area (Å²) in [5.41, 5.74) is 4.22. The van der Waals surface area contributed by atoms with Crippen molar-refractivity contribution in [3.63, 3.8) is 0 Å². The van der Waals surface area contributed by atoms with E-state index >= 15 is 0 Å². The molecule has 0 aromatic carbocycles. The molecule has 0 spiro atoms. The standard InChI is InChI=1S/C10H15N3/c1-2-7(3-1)10-8-4-5-11-6-9(8)12-13-10/h7,11H,1-6H2,(H,12,13). The van der Waals surface area contributed by atoms with Crippen LogP contribution in [0.3, 0.4) is 0 Å². The van der Waals surface area contributed by atoms with Gasteiger partial charge in [-0.25, -0.2) is 0 Å². The first-order valence-corrected chi connectivity index (χ1v) is 5.22. The molecule has 3 heteroatoms. The highest BCUT2D eigenvalue weighted by molar-refractivity contribution is 5.31. The summed E-state index contributed by atoms with van der Waals surface area (Å²) in [5, 5.41) is 11.0. The number of aromatic amines is 1. The zero-order valence-corrected chi connectivity index (χ0v) is 7.77. The molecule has 3 nitrogen and oxygen atoms in total. The predicted octanol–water partition coefficient (Wildman–Crippen LogP) is 1.32. The Morgan fingerprint density at radius 3 is 3.00 bits per heavy atom. The number of fused-ring (bicyclic) bond motifs is 1. The van der Waals surface area contributed by atoms with Crippen LogP contribution in [0, 0.1) is 0 Å². The zero-order valence-electron chi connectivity index (χ0n) is 7.77.